The Morgan fingerprint density at radius 3 is 2.93 bits per heavy atom. The number of halogens is 1. The maximum atomic E-state index is 13.1. The molecule has 0 bridgehead atoms. The first-order chi connectivity index (χ1) is 6.65. The van der Waals surface area contributed by atoms with Crippen LogP contribution in [-0.4, -0.2) is 12.5 Å². The molecule has 0 saturated carbocycles. The van der Waals surface area contributed by atoms with Crippen molar-refractivity contribution in [2.24, 2.45) is 5.73 Å². The highest BCUT2D eigenvalue weighted by molar-refractivity contribution is 5.93. The Morgan fingerprint density at radius 2 is 2.36 bits per heavy atom. The van der Waals surface area contributed by atoms with Crippen LogP contribution in [0, 0.1) is 18.2 Å². The summed E-state index contributed by atoms with van der Waals surface area (Å²) in [5, 5.41) is 2.64. The average Bonchev–Trinajstić information content (AvgIpc) is 2.16. The average molecular weight is 192 g/mol. The maximum absolute atomic E-state index is 13.1. The molecule has 1 aromatic carbocycles. The number of nitrogens with two attached hydrogens (primary N) is 1. The fourth-order valence-electron chi connectivity index (χ4n) is 0.960. The highest BCUT2D eigenvalue weighted by Gasteiger charge is 2.05. The third-order valence-corrected chi connectivity index (χ3v) is 1.63. The minimum Gasteiger partial charge on any atom is -0.372 e. The molecule has 3 nitrogen and oxygen atoms in total. The Kier molecular flexibility index (Phi) is 3.08. The van der Waals surface area contributed by atoms with Gasteiger partial charge < -0.3 is 11.1 Å². The predicted octanol–water partition coefficient (Wildman–Crippen LogP) is 0.970. The van der Waals surface area contributed by atoms with Crippen molar-refractivity contribution in [3.05, 3.63) is 29.6 Å². The Labute approximate surface area is 81.1 Å². The van der Waals surface area contributed by atoms with Gasteiger partial charge in [0.25, 0.3) is 0 Å². The van der Waals surface area contributed by atoms with Gasteiger partial charge in [-0.2, -0.15) is 0 Å². The number of hydrogen-bond donors (Lipinski definition) is 2. The number of rotatable bonds is 3. The van der Waals surface area contributed by atoms with Gasteiger partial charge in [-0.25, -0.2) is 4.39 Å². The van der Waals surface area contributed by atoms with Crippen molar-refractivity contribution in [3.8, 4) is 12.3 Å². The van der Waals surface area contributed by atoms with Gasteiger partial charge in [-0.15, -0.1) is 6.42 Å². The van der Waals surface area contributed by atoms with Crippen molar-refractivity contribution >= 4 is 11.6 Å². The van der Waals surface area contributed by atoms with E-state index in [0.29, 0.717) is 0 Å². The fraction of sp³-hybridized carbons (Fsp3) is 0.100. The van der Waals surface area contributed by atoms with E-state index in [9.17, 15) is 9.18 Å². The van der Waals surface area contributed by atoms with Crippen LogP contribution in [0.4, 0.5) is 10.1 Å². The molecule has 3 N–H and O–H groups in total. The second kappa shape index (κ2) is 4.28. The number of nitrogens with one attached hydrogen (secondary N) is 1. The molecule has 1 amide bonds. The van der Waals surface area contributed by atoms with Crippen LogP contribution in [0.15, 0.2) is 18.2 Å². The van der Waals surface area contributed by atoms with Crippen LogP contribution >= 0.6 is 0 Å². The number of anilines is 1. The SMILES string of the molecule is C#CCNc1cc(C(N)=O)ccc1F. The second-order valence-electron chi connectivity index (χ2n) is 2.62. The van der Waals surface area contributed by atoms with Crippen LogP contribution in [0.3, 0.4) is 0 Å². The molecule has 0 aliphatic carbocycles. The van der Waals surface area contributed by atoms with Crippen molar-refractivity contribution in [1.82, 2.24) is 0 Å². The van der Waals surface area contributed by atoms with E-state index in [1.807, 2.05) is 0 Å². The molecule has 0 spiro atoms. The van der Waals surface area contributed by atoms with Crippen LogP contribution in [0.2, 0.25) is 0 Å². The van der Waals surface area contributed by atoms with E-state index in [2.05, 4.69) is 11.2 Å². The number of primary amides is 1. The van der Waals surface area contributed by atoms with Crippen LogP contribution < -0.4 is 11.1 Å². The molecule has 0 aliphatic rings. The molecule has 1 rings (SSSR count). The van der Waals surface area contributed by atoms with Crippen LogP contribution in [-0.2, 0) is 0 Å². The molecule has 0 saturated heterocycles. The Hall–Kier alpha value is -2.02. The molecule has 0 radical (unpaired) electrons. The summed E-state index contributed by atoms with van der Waals surface area (Å²) in [6, 6.07) is 3.81. The summed E-state index contributed by atoms with van der Waals surface area (Å²) in [6.07, 6.45) is 5.00. The molecule has 0 unspecified atom stereocenters. The molecular formula is C10H9FN2O. The number of amides is 1. The summed E-state index contributed by atoms with van der Waals surface area (Å²) in [5.41, 5.74) is 5.45. The number of carbonyl (C=O) groups excluding carboxylic acids is 1. The number of hydrogen-bond acceptors (Lipinski definition) is 2. The molecule has 4 heteroatoms. The zero-order valence-corrected chi connectivity index (χ0v) is 7.38. The molecule has 1 aromatic rings. The van der Waals surface area contributed by atoms with Crippen molar-refractivity contribution in [2.45, 2.75) is 0 Å². The van der Waals surface area contributed by atoms with E-state index >= 15 is 0 Å². The predicted molar refractivity (Wildman–Crippen MR) is 52.2 cm³/mol. The van der Waals surface area contributed by atoms with Crippen LogP contribution in [0.5, 0.6) is 0 Å². The first kappa shape index (κ1) is 10.1. The Bertz CT molecular complexity index is 396. The molecule has 0 heterocycles. The van der Waals surface area contributed by atoms with Gasteiger partial charge in [0.05, 0.1) is 12.2 Å². The van der Waals surface area contributed by atoms with Crippen molar-refractivity contribution in [1.29, 1.82) is 0 Å². The maximum Gasteiger partial charge on any atom is 0.248 e. The van der Waals surface area contributed by atoms with E-state index < -0.39 is 11.7 Å². The molecule has 72 valence electrons. The minimum absolute atomic E-state index is 0.180. The molecule has 0 aromatic heterocycles. The summed E-state index contributed by atoms with van der Waals surface area (Å²) in [7, 11) is 0. The van der Waals surface area contributed by atoms with Crippen molar-refractivity contribution in [3.63, 3.8) is 0 Å². The Morgan fingerprint density at radius 1 is 1.64 bits per heavy atom. The topological polar surface area (TPSA) is 55.1 Å². The Balaban J connectivity index is 2.97. The highest BCUT2D eigenvalue weighted by Crippen LogP contribution is 2.15. The molecule has 0 atom stereocenters. The smallest absolute Gasteiger partial charge is 0.248 e. The summed E-state index contributed by atoms with van der Waals surface area (Å²) in [4.78, 5) is 10.8. The normalized spacial score (nSPS) is 9.14. The summed E-state index contributed by atoms with van der Waals surface area (Å²) in [5.74, 6) is 1.23. The lowest BCUT2D eigenvalue weighted by Gasteiger charge is -2.05. The molecule has 14 heavy (non-hydrogen) atoms. The minimum atomic E-state index is -0.603. The van der Waals surface area contributed by atoms with Gasteiger partial charge in [0, 0.05) is 5.56 Å². The zero-order chi connectivity index (χ0) is 10.6. The van der Waals surface area contributed by atoms with E-state index in [0.717, 1.165) is 0 Å². The van der Waals surface area contributed by atoms with Crippen molar-refractivity contribution < 1.29 is 9.18 Å². The monoisotopic (exact) mass is 192 g/mol. The van der Waals surface area contributed by atoms with Crippen molar-refractivity contribution in [2.75, 3.05) is 11.9 Å². The van der Waals surface area contributed by atoms with Crippen LogP contribution in [0.25, 0.3) is 0 Å². The van der Waals surface area contributed by atoms with E-state index in [1.54, 1.807) is 0 Å². The van der Waals surface area contributed by atoms with Gasteiger partial charge in [0.15, 0.2) is 0 Å². The molecule has 0 aliphatic heterocycles. The highest BCUT2D eigenvalue weighted by atomic mass is 19.1. The number of benzene rings is 1. The van der Waals surface area contributed by atoms with Gasteiger partial charge in [-0.3, -0.25) is 4.79 Å². The van der Waals surface area contributed by atoms with Gasteiger partial charge in [0.2, 0.25) is 5.91 Å². The summed E-state index contributed by atoms with van der Waals surface area (Å²) in [6.45, 7) is 0.194. The lowest BCUT2D eigenvalue weighted by molar-refractivity contribution is 0.100. The van der Waals surface area contributed by atoms with E-state index in [-0.39, 0.29) is 17.8 Å². The largest absolute Gasteiger partial charge is 0.372 e. The standard InChI is InChI=1S/C10H9FN2O/c1-2-5-13-9-6-7(10(12)14)3-4-8(9)11/h1,3-4,6,13H,5H2,(H2,12,14). The lowest BCUT2D eigenvalue weighted by atomic mass is 10.2. The molecular weight excluding hydrogens is 183 g/mol. The third kappa shape index (κ3) is 2.23. The summed E-state index contributed by atoms with van der Waals surface area (Å²) >= 11 is 0. The van der Waals surface area contributed by atoms with Crippen LogP contribution in [0.1, 0.15) is 10.4 Å². The van der Waals surface area contributed by atoms with Gasteiger partial charge in [0.1, 0.15) is 5.82 Å². The van der Waals surface area contributed by atoms with Gasteiger partial charge >= 0.3 is 0 Å². The molecule has 0 fully saturated rings. The number of carbonyl (C=O) groups is 1. The van der Waals surface area contributed by atoms with E-state index in [1.165, 1.54) is 18.2 Å². The van der Waals surface area contributed by atoms with Gasteiger partial charge in [-0.1, -0.05) is 5.92 Å². The third-order valence-electron chi connectivity index (χ3n) is 1.63. The fourth-order valence-corrected chi connectivity index (χ4v) is 0.960. The first-order valence-electron chi connectivity index (χ1n) is 3.92. The zero-order valence-electron chi connectivity index (χ0n) is 7.38. The quantitative estimate of drug-likeness (QED) is 0.701. The van der Waals surface area contributed by atoms with Gasteiger partial charge in [-0.05, 0) is 18.2 Å². The first-order valence-corrected chi connectivity index (χ1v) is 3.92. The second-order valence-corrected chi connectivity index (χ2v) is 2.62. The lowest BCUT2D eigenvalue weighted by Crippen LogP contribution is -2.12. The van der Waals surface area contributed by atoms with E-state index in [4.69, 9.17) is 12.2 Å². The number of terminal acetylenes is 1. The summed E-state index contributed by atoms with van der Waals surface area (Å²) < 4.78 is 13.1.